The van der Waals surface area contributed by atoms with Gasteiger partial charge >= 0.3 is 5.97 Å². The Hall–Kier alpha value is -0.830. The Morgan fingerprint density at radius 1 is 1.64 bits per heavy atom. The summed E-state index contributed by atoms with van der Waals surface area (Å²) in [7, 11) is 0. The minimum atomic E-state index is -0.227. The molecule has 0 spiro atoms. The number of esters is 1. The molecule has 0 fully saturated rings. The van der Waals surface area contributed by atoms with Crippen molar-refractivity contribution in [3.8, 4) is 0 Å². The van der Waals surface area contributed by atoms with Crippen LogP contribution in [0.4, 0.5) is 0 Å². The average Bonchev–Trinajstić information content (AvgIpc) is 2.35. The standard InChI is InChI=1S/C8H10O2S/c1-6(2)10-8(9)7-4-3-5-11-7/h3-6H,1-2H3. The van der Waals surface area contributed by atoms with Crippen molar-refractivity contribution in [3.63, 3.8) is 0 Å². The van der Waals surface area contributed by atoms with Gasteiger partial charge in [-0.3, -0.25) is 0 Å². The van der Waals surface area contributed by atoms with Crippen LogP contribution in [0.25, 0.3) is 0 Å². The summed E-state index contributed by atoms with van der Waals surface area (Å²) in [5.41, 5.74) is 0. The highest BCUT2D eigenvalue weighted by Gasteiger charge is 2.08. The molecule has 1 aromatic rings. The van der Waals surface area contributed by atoms with Gasteiger partial charge < -0.3 is 4.74 Å². The summed E-state index contributed by atoms with van der Waals surface area (Å²) in [6.45, 7) is 3.68. The first-order valence-electron chi connectivity index (χ1n) is 3.44. The minimum absolute atomic E-state index is 0.0374. The number of ether oxygens (including phenoxy) is 1. The first-order valence-corrected chi connectivity index (χ1v) is 4.32. The van der Waals surface area contributed by atoms with E-state index in [1.54, 1.807) is 6.07 Å². The molecule has 0 saturated carbocycles. The third-order valence-corrected chi connectivity index (χ3v) is 1.92. The van der Waals surface area contributed by atoms with Gasteiger partial charge in [-0.25, -0.2) is 4.79 Å². The van der Waals surface area contributed by atoms with E-state index in [2.05, 4.69) is 0 Å². The molecular formula is C8H10O2S. The molecular weight excluding hydrogens is 160 g/mol. The Balaban J connectivity index is 2.57. The van der Waals surface area contributed by atoms with Crippen molar-refractivity contribution in [2.45, 2.75) is 20.0 Å². The zero-order chi connectivity index (χ0) is 8.27. The van der Waals surface area contributed by atoms with Gasteiger partial charge in [-0.05, 0) is 25.3 Å². The number of carbonyl (C=O) groups is 1. The van der Waals surface area contributed by atoms with Gasteiger partial charge in [0.25, 0.3) is 0 Å². The monoisotopic (exact) mass is 170 g/mol. The van der Waals surface area contributed by atoms with E-state index in [1.165, 1.54) is 11.3 Å². The van der Waals surface area contributed by atoms with Crippen molar-refractivity contribution in [3.05, 3.63) is 22.4 Å². The highest BCUT2D eigenvalue weighted by molar-refractivity contribution is 7.11. The number of rotatable bonds is 2. The van der Waals surface area contributed by atoms with E-state index in [1.807, 2.05) is 25.3 Å². The van der Waals surface area contributed by atoms with Crippen molar-refractivity contribution in [2.75, 3.05) is 0 Å². The highest BCUT2D eigenvalue weighted by atomic mass is 32.1. The molecule has 0 bridgehead atoms. The van der Waals surface area contributed by atoms with Gasteiger partial charge in [0.1, 0.15) is 4.88 Å². The largest absolute Gasteiger partial charge is 0.459 e. The van der Waals surface area contributed by atoms with Gasteiger partial charge in [-0.1, -0.05) is 6.07 Å². The van der Waals surface area contributed by atoms with Crippen LogP contribution in [0, 0.1) is 0 Å². The van der Waals surface area contributed by atoms with Crippen molar-refractivity contribution >= 4 is 17.3 Å². The lowest BCUT2D eigenvalue weighted by Gasteiger charge is -2.04. The summed E-state index contributed by atoms with van der Waals surface area (Å²) in [6, 6.07) is 3.59. The van der Waals surface area contributed by atoms with E-state index < -0.39 is 0 Å². The maximum Gasteiger partial charge on any atom is 0.348 e. The molecule has 11 heavy (non-hydrogen) atoms. The van der Waals surface area contributed by atoms with Crippen molar-refractivity contribution in [1.82, 2.24) is 0 Å². The van der Waals surface area contributed by atoms with E-state index in [0.717, 1.165) is 0 Å². The molecule has 0 radical (unpaired) electrons. The van der Waals surface area contributed by atoms with Gasteiger partial charge in [0.15, 0.2) is 0 Å². The molecule has 1 rings (SSSR count). The lowest BCUT2D eigenvalue weighted by Crippen LogP contribution is -2.09. The third kappa shape index (κ3) is 2.35. The number of thiophene rings is 1. The fourth-order valence-electron chi connectivity index (χ4n) is 0.667. The van der Waals surface area contributed by atoms with E-state index in [0.29, 0.717) is 4.88 Å². The molecule has 0 saturated heterocycles. The Bertz CT molecular complexity index is 226. The second-order valence-corrected chi connectivity index (χ2v) is 3.38. The van der Waals surface area contributed by atoms with Crippen LogP contribution < -0.4 is 0 Å². The molecule has 0 aliphatic rings. The lowest BCUT2D eigenvalue weighted by molar-refractivity contribution is 0.0384. The number of carbonyl (C=O) groups excluding carboxylic acids is 1. The molecule has 1 heterocycles. The summed E-state index contributed by atoms with van der Waals surface area (Å²) in [5.74, 6) is -0.227. The highest BCUT2D eigenvalue weighted by Crippen LogP contribution is 2.10. The van der Waals surface area contributed by atoms with Crippen molar-refractivity contribution in [2.24, 2.45) is 0 Å². The second-order valence-electron chi connectivity index (χ2n) is 2.43. The molecule has 3 heteroatoms. The van der Waals surface area contributed by atoms with Crippen LogP contribution in [0.3, 0.4) is 0 Å². The third-order valence-electron chi connectivity index (χ3n) is 1.07. The zero-order valence-electron chi connectivity index (χ0n) is 6.53. The van der Waals surface area contributed by atoms with Crippen LogP contribution in [0.15, 0.2) is 17.5 Å². The maximum absolute atomic E-state index is 11.1. The first-order chi connectivity index (χ1) is 5.20. The molecule has 0 amide bonds. The number of hydrogen-bond acceptors (Lipinski definition) is 3. The zero-order valence-corrected chi connectivity index (χ0v) is 7.35. The molecule has 0 aliphatic carbocycles. The summed E-state index contributed by atoms with van der Waals surface area (Å²) in [4.78, 5) is 11.8. The molecule has 1 aromatic heterocycles. The fourth-order valence-corrected chi connectivity index (χ4v) is 1.27. The normalized spacial score (nSPS) is 10.1. The van der Waals surface area contributed by atoms with E-state index in [-0.39, 0.29) is 12.1 Å². The van der Waals surface area contributed by atoms with E-state index >= 15 is 0 Å². The smallest absolute Gasteiger partial charge is 0.348 e. The maximum atomic E-state index is 11.1. The van der Waals surface area contributed by atoms with Crippen molar-refractivity contribution < 1.29 is 9.53 Å². The topological polar surface area (TPSA) is 26.3 Å². The van der Waals surface area contributed by atoms with E-state index in [4.69, 9.17) is 4.74 Å². The fraction of sp³-hybridized carbons (Fsp3) is 0.375. The molecule has 0 aromatic carbocycles. The molecule has 0 atom stereocenters. The SMILES string of the molecule is CC(C)OC(=O)c1cccs1. The Kier molecular flexibility index (Phi) is 2.65. The van der Waals surface area contributed by atoms with Crippen LogP contribution in [0.2, 0.25) is 0 Å². The average molecular weight is 170 g/mol. The second kappa shape index (κ2) is 3.53. The molecule has 60 valence electrons. The quantitative estimate of drug-likeness (QED) is 0.637. The molecule has 2 nitrogen and oxygen atoms in total. The van der Waals surface area contributed by atoms with Gasteiger partial charge in [0, 0.05) is 0 Å². The minimum Gasteiger partial charge on any atom is -0.459 e. The number of hydrogen-bond donors (Lipinski definition) is 0. The molecule has 0 aliphatic heterocycles. The summed E-state index contributed by atoms with van der Waals surface area (Å²) < 4.78 is 4.97. The van der Waals surface area contributed by atoms with Crippen LogP contribution in [-0.4, -0.2) is 12.1 Å². The van der Waals surface area contributed by atoms with Gasteiger partial charge in [0.2, 0.25) is 0 Å². The lowest BCUT2D eigenvalue weighted by atomic mass is 10.4. The summed E-state index contributed by atoms with van der Waals surface area (Å²) in [5, 5.41) is 1.86. The van der Waals surface area contributed by atoms with Crippen LogP contribution in [-0.2, 0) is 4.74 Å². The first kappa shape index (κ1) is 8.27. The van der Waals surface area contributed by atoms with Gasteiger partial charge in [-0.2, -0.15) is 0 Å². The summed E-state index contributed by atoms with van der Waals surface area (Å²) in [6.07, 6.45) is -0.0374. The van der Waals surface area contributed by atoms with Gasteiger partial charge in [-0.15, -0.1) is 11.3 Å². The van der Waals surface area contributed by atoms with Crippen LogP contribution in [0.5, 0.6) is 0 Å². The van der Waals surface area contributed by atoms with Gasteiger partial charge in [0.05, 0.1) is 6.10 Å². The molecule has 0 unspecified atom stereocenters. The van der Waals surface area contributed by atoms with Crippen molar-refractivity contribution in [1.29, 1.82) is 0 Å². The Labute approximate surface area is 69.8 Å². The Morgan fingerprint density at radius 2 is 2.36 bits per heavy atom. The molecule has 0 N–H and O–H groups in total. The Morgan fingerprint density at radius 3 is 2.82 bits per heavy atom. The summed E-state index contributed by atoms with van der Waals surface area (Å²) >= 11 is 1.40. The van der Waals surface area contributed by atoms with Crippen LogP contribution in [0.1, 0.15) is 23.5 Å². The predicted molar refractivity (Wildman–Crippen MR) is 44.9 cm³/mol. The van der Waals surface area contributed by atoms with Crippen LogP contribution >= 0.6 is 11.3 Å². The van der Waals surface area contributed by atoms with E-state index in [9.17, 15) is 4.79 Å². The predicted octanol–water partition coefficient (Wildman–Crippen LogP) is 2.31.